The van der Waals surface area contributed by atoms with E-state index in [1.807, 2.05) is 24.3 Å². The third kappa shape index (κ3) is 2.06. The Labute approximate surface area is 144 Å². The van der Waals surface area contributed by atoms with Gasteiger partial charge in [0.15, 0.2) is 0 Å². The summed E-state index contributed by atoms with van der Waals surface area (Å²) in [6.45, 7) is 0.0988. The quantitative estimate of drug-likeness (QED) is 0.714. The number of hydrogen-bond donors (Lipinski definition) is 2. The molecule has 0 radical (unpaired) electrons. The molecule has 0 aliphatic carbocycles. The summed E-state index contributed by atoms with van der Waals surface area (Å²) in [5, 5.41) is 3.02. The average Bonchev–Trinajstić information content (AvgIpc) is 2.93. The number of esters is 1. The van der Waals surface area contributed by atoms with Gasteiger partial charge in [0, 0.05) is 11.5 Å². The molecule has 2 aliphatic rings. The first-order valence-electron chi connectivity index (χ1n) is 7.23. The number of ether oxygens (including phenoxy) is 1. The highest BCUT2D eigenvalue weighted by Gasteiger charge is 2.40. The fraction of sp³-hybridized carbons (Fsp3) is 0.188. The van der Waals surface area contributed by atoms with Crippen LogP contribution in [0.25, 0.3) is 0 Å². The summed E-state index contributed by atoms with van der Waals surface area (Å²) in [6.07, 6.45) is 0. The van der Waals surface area contributed by atoms with E-state index in [9.17, 15) is 14.4 Å². The summed E-state index contributed by atoms with van der Waals surface area (Å²) in [4.78, 5) is 38.9. The molecular weight excluding hydrogens is 378 g/mol. The van der Waals surface area contributed by atoms with Crippen molar-refractivity contribution >= 4 is 27.7 Å². The number of H-pyrrole nitrogens is 1. The van der Waals surface area contributed by atoms with Gasteiger partial charge in [0.1, 0.15) is 12.4 Å². The van der Waals surface area contributed by atoms with E-state index in [1.54, 1.807) is 7.05 Å². The van der Waals surface area contributed by atoms with Crippen molar-refractivity contribution in [3.63, 3.8) is 0 Å². The van der Waals surface area contributed by atoms with Crippen LogP contribution in [0.2, 0.25) is 0 Å². The Bertz CT molecular complexity index is 1020. The number of hydrogen-bond acceptors (Lipinski definition) is 5. The fourth-order valence-corrected chi connectivity index (χ4v) is 3.41. The monoisotopic (exact) mass is 389 g/mol. The van der Waals surface area contributed by atoms with Gasteiger partial charge in [-0.2, -0.15) is 0 Å². The minimum atomic E-state index is -0.588. The number of fused-ring (bicyclic) bond motifs is 1. The lowest BCUT2D eigenvalue weighted by atomic mass is 9.83. The zero-order valence-corrected chi connectivity index (χ0v) is 14.1. The molecule has 0 unspecified atom stereocenters. The predicted octanol–water partition coefficient (Wildman–Crippen LogP) is 1.20. The molecule has 1 aromatic heterocycles. The van der Waals surface area contributed by atoms with Crippen LogP contribution in [-0.2, 0) is 16.6 Å². The molecule has 2 N–H and O–H groups in total. The second-order valence-electron chi connectivity index (χ2n) is 5.66. The van der Waals surface area contributed by atoms with Crippen LogP contribution in [0.15, 0.2) is 49.6 Å². The van der Waals surface area contributed by atoms with Gasteiger partial charge in [0.25, 0.3) is 5.56 Å². The minimum Gasteiger partial charge on any atom is -0.456 e. The van der Waals surface area contributed by atoms with E-state index in [0.29, 0.717) is 22.7 Å². The Kier molecular flexibility index (Phi) is 3.24. The second kappa shape index (κ2) is 5.20. The lowest BCUT2D eigenvalue weighted by Gasteiger charge is -2.27. The molecule has 3 heterocycles. The van der Waals surface area contributed by atoms with Crippen LogP contribution in [0.4, 0.5) is 5.82 Å². The highest BCUT2D eigenvalue weighted by Crippen LogP contribution is 2.42. The van der Waals surface area contributed by atoms with Crippen molar-refractivity contribution in [2.24, 2.45) is 7.05 Å². The lowest BCUT2D eigenvalue weighted by molar-refractivity contribution is -0.136. The van der Waals surface area contributed by atoms with E-state index in [1.165, 1.54) is 4.57 Å². The van der Waals surface area contributed by atoms with Gasteiger partial charge in [-0.1, -0.05) is 28.1 Å². The normalized spacial score (nSPS) is 18.8. The Hall–Kier alpha value is -2.61. The number of benzene rings is 1. The van der Waals surface area contributed by atoms with Gasteiger partial charge in [-0.15, -0.1) is 0 Å². The van der Waals surface area contributed by atoms with Crippen LogP contribution in [0.5, 0.6) is 0 Å². The average molecular weight is 390 g/mol. The van der Waals surface area contributed by atoms with Crippen molar-refractivity contribution in [3.05, 3.63) is 72.0 Å². The van der Waals surface area contributed by atoms with Crippen molar-refractivity contribution in [2.45, 2.75) is 5.92 Å². The molecule has 0 spiro atoms. The van der Waals surface area contributed by atoms with E-state index in [4.69, 9.17) is 4.74 Å². The summed E-state index contributed by atoms with van der Waals surface area (Å²) in [7, 11) is 1.56. The summed E-state index contributed by atoms with van der Waals surface area (Å²) in [6, 6.07) is 7.36. The van der Waals surface area contributed by atoms with E-state index in [2.05, 4.69) is 26.2 Å². The summed E-state index contributed by atoms with van der Waals surface area (Å²) < 4.78 is 7.35. The van der Waals surface area contributed by atoms with Crippen molar-refractivity contribution in [3.8, 4) is 0 Å². The van der Waals surface area contributed by atoms with Crippen molar-refractivity contribution in [1.82, 2.24) is 9.55 Å². The number of anilines is 1. The molecule has 0 bridgehead atoms. The Morgan fingerprint density at radius 3 is 2.62 bits per heavy atom. The fourth-order valence-electron chi connectivity index (χ4n) is 3.14. The maximum absolute atomic E-state index is 12.5. The SMILES string of the molecule is Cn1c2c(c(=O)[nH]c1=O)[C@@H](c1ccc(Br)cc1)C1=C(COC1=O)N2. The van der Waals surface area contributed by atoms with E-state index in [-0.39, 0.29) is 6.61 Å². The number of aromatic nitrogens is 2. The van der Waals surface area contributed by atoms with Crippen molar-refractivity contribution < 1.29 is 9.53 Å². The number of cyclic esters (lactones) is 1. The molecule has 0 saturated heterocycles. The maximum Gasteiger partial charge on any atom is 0.337 e. The highest BCUT2D eigenvalue weighted by molar-refractivity contribution is 9.10. The first-order valence-corrected chi connectivity index (χ1v) is 8.02. The number of aromatic amines is 1. The molecular formula is C16H12BrN3O4. The van der Waals surface area contributed by atoms with Gasteiger partial charge >= 0.3 is 11.7 Å². The largest absolute Gasteiger partial charge is 0.456 e. The third-order valence-electron chi connectivity index (χ3n) is 4.30. The lowest BCUT2D eigenvalue weighted by Crippen LogP contribution is -2.37. The van der Waals surface area contributed by atoms with Gasteiger partial charge in [0.2, 0.25) is 0 Å². The maximum atomic E-state index is 12.5. The van der Waals surface area contributed by atoms with Crippen LogP contribution in [-0.4, -0.2) is 22.1 Å². The van der Waals surface area contributed by atoms with Crippen molar-refractivity contribution in [1.29, 1.82) is 0 Å². The second-order valence-corrected chi connectivity index (χ2v) is 6.57. The molecule has 0 fully saturated rings. The van der Waals surface area contributed by atoms with E-state index >= 15 is 0 Å². The number of rotatable bonds is 1. The Balaban J connectivity index is 2.04. The first kappa shape index (κ1) is 14.9. The standard InChI is InChI=1S/C16H12BrN3O4/c1-20-13-12(14(21)19-16(20)23)10(7-2-4-8(17)5-3-7)11-9(18-13)6-24-15(11)22/h2-5,10,18H,6H2,1H3,(H,19,21,23)/t10-/m0/s1. The van der Waals surface area contributed by atoms with Gasteiger partial charge in [-0.05, 0) is 17.7 Å². The van der Waals surface area contributed by atoms with Crippen LogP contribution >= 0.6 is 15.9 Å². The number of nitrogens with zero attached hydrogens (tertiary/aromatic N) is 1. The smallest absolute Gasteiger partial charge is 0.337 e. The topological polar surface area (TPSA) is 93.2 Å². The summed E-state index contributed by atoms with van der Waals surface area (Å²) >= 11 is 3.38. The van der Waals surface area contributed by atoms with Gasteiger partial charge in [-0.3, -0.25) is 14.3 Å². The minimum absolute atomic E-state index is 0.0988. The van der Waals surface area contributed by atoms with Gasteiger partial charge in [-0.25, -0.2) is 9.59 Å². The number of carbonyl (C=O) groups is 1. The molecule has 8 heteroatoms. The first-order chi connectivity index (χ1) is 11.5. The summed E-state index contributed by atoms with van der Waals surface area (Å²) in [5.74, 6) is -0.659. The summed E-state index contributed by atoms with van der Waals surface area (Å²) in [5.41, 5.74) is 1.07. The number of nitrogens with one attached hydrogen (secondary N) is 2. The molecule has 2 aromatic rings. The highest BCUT2D eigenvalue weighted by atomic mass is 79.9. The Morgan fingerprint density at radius 1 is 1.21 bits per heavy atom. The zero-order valence-electron chi connectivity index (χ0n) is 12.6. The molecule has 1 atom stereocenters. The predicted molar refractivity (Wildman–Crippen MR) is 89.9 cm³/mol. The molecule has 4 rings (SSSR count). The molecule has 7 nitrogen and oxygen atoms in total. The van der Waals surface area contributed by atoms with Crippen LogP contribution in [0, 0.1) is 0 Å². The van der Waals surface area contributed by atoms with Gasteiger partial charge < -0.3 is 10.1 Å². The molecule has 1 aromatic carbocycles. The third-order valence-corrected chi connectivity index (χ3v) is 4.83. The number of halogens is 1. The molecule has 0 saturated carbocycles. The molecule has 0 amide bonds. The van der Waals surface area contributed by atoms with Crippen LogP contribution in [0.1, 0.15) is 17.0 Å². The molecule has 2 aliphatic heterocycles. The van der Waals surface area contributed by atoms with Crippen LogP contribution < -0.4 is 16.6 Å². The number of carbonyl (C=O) groups excluding carboxylic acids is 1. The van der Waals surface area contributed by atoms with Crippen LogP contribution in [0.3, 0.4) is 0 Å². The van der Waals surface area contributed by atoms with Crippen molar-refractivity contribution in [2.75, 3.05) is 11.9 Å². The van der Waals surface area contributed by atoms with E-state index < -0.39 is 23.1 Å². The zero-order chi connectivity index (χ0) is 17.0. The van der Waals surface area contributed by atoms with Gasteiger partial charge in [0.05, 0.1) is 22.8 Å². The molecule has 122 valence electrons. The van der Waals surface area contributed by atoms with E-state index in [0.717, 1.165) is 10.0 Å². The Morgan fingerprint density at radius 2 is 1.92 bits per heavy atom. The molecule has 24 heavy (non-hydrogen) atoms.